The van der Waals surface area contributed by atoms with Crippen LogP contribution in [0.25, 0.3) is 0 Å². The Morgan fingerprint density at radius 2 is 2.33 bits per heavy atom. The van der Waals surface area contributed by atoms with Crippen LogP contribution in [0.15, 0.2) is 17.1 Å². The molecule has 0 atom stereocenters. The number of rotatable bonds is 5. The zero-order valence-electron chi connectivity index (χ0n) is 7.94. The molecule has 1 N–H and O–H groups in total. The van der Waals surface area contributed by atoms with E-state index in [1.165, 1.54) is 11.3 Å². The van der Waals surface area contributed by atoms with Gasteiger partial charge in [-0.3, -0.25) is 0 Å². The molecule has 0 aliphatic heterocycles. The maximum Gasteiger partial charge on any atom is 0.113 e. The topological polar surface area (TPSA) is 37.8 Å². The van der Waals surface area contributed by atoms with Gasteiger partial charge in [-0.05, 0) is 0 Å². The molecule has 2 rings (SSSR count). The summed E-state index contributed by atoms with van der Waals surface area (Å²) in [6.07, 6.45) is 2.65. The molecule has 0 bridgehead atoms. The van der Waals surface area contributed by atoms with Gasteiger partial charge in [-0.15, -0.1) is 22.7 Å². The molecule has 0 unspecified atom stereocenters. The first-order chi connectivity index (χ1) is 7.34. The Morgan fingerprint density at radius 1 is 1.40 bits per heavy atom. The Bertz CT molecular complexity index is 399. The zero-order valence-corrected chi connectivity index (χ0v) is 10.3. The summed E-state index contributed by atoms with van der Waals surface area (Å²) in [6.45, 7) is 1.70. The molecule has 0 saturated carbocycles. The van der Waals surface area contributed by atoms with Gasteiger partial charge < -0.3 is 5.32 Å². The van der Waals surface area contributed by atoms with E-state index < -0.39 is 0 Å². The van der Waals surface area contributed by atoms with Gasteiger partial charge in [0.2, 0.25) is 0 Å². The second kappa shape index (κ2) is 5.55. The van der Waals surface area contributed by atoms with E-state index in [4.69, 9.17) is 11.6 Å². The fourth-order valence-corrected chi connectivity index (χ4v) is 2.66. The molecule has 2 aromatic rings. The van der Waals surface area contributed by atoms with Gasteiger partial charge in [0.25, 0.3) is 0 Å². The fourth-order valence-electron chi connectivity index (χ4n) is 1.14. The first-order valence-electron chi connectivity index (χ1n) is 4.52. The van der Waals surface area contributed by atoms with Gasteiger partial charge in [-0.1, -0.05) is 11.6 Å². The van der Waals surface area contributed by atoms with Gasteiger partial charge >= 0.3 is 0 Å². The van der Waals surface area contributed by atoms with Crippen LogP contribution in [0.1, 0.15) is 10.7 Å². The molecular formula is C9H10ClN3S2. The first kappa shape index (κ1) is 11.0. The second-order valence-electron chi connectivity index (χ2n) is 2.96. The molecule has 0 saturated heterocycles. The summed E-state index contributed by atoms with van der Waals surface area (Å²) in [5.74, 6) is 0. The highest BCUT2D eigenvalue weighted by Gasteiger charge is 1.99. The van der Waals surface area contributed by atoms with Gasteiger partial charge in [0.05, 0.1) is 17.4 Å². The van der Waals surface area contributed by atoms with E-state index in [0.717, 1.165) is 34.5 Å². The maximum atomic E-state index is 5.77. The average molecular weight is 260 g/mol. The summed E-state index contributed by atoms with van der Waals surface area (Å²) in [4.78, 5) is 8.37. The Hall–Kier alpha value is -0.490. The normalized spacial score (nSPS) is 10.7. The summed E-state index contributed by atoms with van der Waals surface area (Å²) < 4.78 is 0.742. The van der Waals surface area contributed by atoms with Crippen molar-refractivity contribution in [3.63, 3.8) is 0 Å². The van der Waals surface area contributed by atoms with Crippen LogP contribution in [0, 0.1) is 0 Å². The monoisotopic (exact) mass is 259 g/mol. The summed E-state index contributed by atoms with van der Waals surface area (Å²) in [5, 5.41) is 6.40. The summed E-state index contributed by atoms with van der Waals surface area (Å²) in [5.41, 5.74) is 3.00. The predicted molar refractivity (Wildman–Crippen MR) is 64.6 cm³/mol. The molecule has 2 heterocycles. The van der Waals surface area contributed by atoms with E-state index in [0.29, 0.717) is 0 Å². The number of aromatic nitrogens is 2. The van der Waals surface area contributed by atoms with Crippen molar-refractivity contribution in [2.75, 3.05) is 6.54 Å². The van der Waals surface area contributed by atoms with Crippen molar-refractivity contribution in [3.05, 3.63) is 32.1 Å². The number of nitrogens with zero attached hydrogens (tertiary/aromatic N) is 2. The third-order valence-electron chi connectivity index (χ3n) is 1.84. The quantitative estimate of drug-likeness (QED) is 0.839. The molecular weight excluding hydrogens is 250 g/mol. The average Bonchev–Trinajstić information content (AvgIpc) is 2.84. The molecule has 0 fully saturated rings. The second-order valence-corrected chi connectivity index (χ2v) is 5.43. The molecule has 3 nitrogen and oxygen atoms in total. The van der Waals surface area contributed by atoms with Gasteiger partial charge in [-0.2, -0.15) is 0 Å². The minimum absolute atomic E-state index is 0.742. The number of thiazole rings is 2. The molecule has 15 heavy (non-hydrogen) atoms. The van der Waals surface area contributed by atoms with Crippen LogP contribution in [0.3, 0.4) is 0 Å². The van der Waals surface area contributed by atoms with Crippen LogP contribution in [0.2, 0.25) is 4.34 Å². The molecule has 0 aliphatic rings. The highest BCUT2D eigenvalue weighted by atomic mass is 35.5. The highest BCUT2D eigenvalue weighted by Crippen LogP contribution is 2.17. The van der Waals surface area contributed by atoms with Crippen molar-refractivity contribution in [2.24, 2.45) is 0 Å². The fraction of sp³-hybridized carbons (Fsp3) is 0.333. The minimum atomic E-state index is 0.742. The third-order valence-corrected chi connectivity index (χ3v) is 3.59. The number of hydrogen-bond acceptors (Lipinski definition) is 5. The van der Waals surface area contributed by atoms with Crippen LogP contribution >= 0.6 is 34.3 Å². The molecule has 2 aromatic heterocycles. The molecule has 0 radical (unpaired) electrons. The van der Waals surface area contributed by atoms with E-state index in [1.807, 2.05) is 5.51 Å². The minimum Gasteiger partial charge on any atom is -0.310 e. The SMILES string of the molecule is Clc1cnc(CNCCc2cscn2)s1. The maximum absolute atomic E-state index is 5.77. The van der Waals surface area contributed by atoms with E-state index >= 15 is 0 Å². The lowest BCUT2D eigenvalue weighted by molar-refractivity contribution is 0.678. The Kier molecular flexibility index (Phi) is 4.08. The van der Waals surface area contributed by atoms with Gasteiger partial charge in [0.15, 0.2) is 0 Å². The van der Waals surface area contributed by atoms with E-state index in [1.54, 1.807) is 17.5 Å². The highest BCUT2D eigenvalue weighted by molar-refractivity contribution is 7.15. The van der Waals surface area contributed by atoms with Crippen LogP contribution in [-0.2, 0) is 13.0 Å². The van der Waals surface area contributed by atoms with Crippen molar-refractivity contribution < 1.29 is 0 Å². The van der Waals surface area contributed by atoms with Crippen molar-refractivity contribution in [1.82, 2.24) is 15.3 Å². The molecule has 6 heteroatoms. The lowest BCUT2D eigenvalue weighted by atomic mass is 10.3. The molecule has 0 aromatic carbocycles. The molecule has 0 amide bonds. The van der Waals surface area contributed by atoms with Gasteiger partial charge in [-0.25, -0.2) is 9.97 Å². The van der Waals surface area contributed by atoms with Crippen LogP contribution < -0.4 is 5.32 Å². The van der Waals surface area contributed by atoms with Gasteiger partial charge in [0, 0.05) is 24.9 Å². The van der Waals surface area contributed by atoms with Gasteiger partial charge in [0.1, 0.15) is 9.34 Å². The van der Waals surface area contributed by atoms with E-state index in [2.05, 4.69) is 20.7 Å². The lowest BCUT2D eigenvalue weighted by Gasteiger charge is -1.99. The number of hydrogen-bond donors (Lipinski definition) is 1. The van der Waals surface area contributed by atoms with Crippen molar-refractivity contribution in [3.8, 4) is 0 Å². The standard InChI is InChI=1S/C9H10ClN3S2/c10-8-3-12-9(15-8)4-11-2-1-7-5-14-6-13-7/h3,5-6,11H,1-2,4H2. The smallest absolute Gasteiger partial charge is 0.113 e. The van der Waals surface area contributed by atoms with Crippen LogP contribution in [0.5, 0.6) is 0 Å². The van der Waals surface area contributed by atoms with E-state index in [-0.39, 0.29) is 0 Å². The molecule has 0 aliphatic carbocycles. The van der Waals surface area contributed by atoms with E-state index in [9.17, 15) is 0 Å². The Morgan fingerprint density at radius 3 is 3.00 bits per heavy atom. The summed E-state index contributed by atoms with van der Waals surface area (Å²) in [7, 11) is 0. The third kappa shape index (κ3) is 3.53. The molecule has 0 spiro atoms. The molecule has 80 valence electrons. The van der Waals surface area contributed by atoms with Crippen molar-refractivity contribution in [1.29, 1.82) is 0 Å². The number of nitrogens with one attached hydrogen (secondary N) is 1. The van der Waals surface area contributed by atoms with Crippen molar-refractivity contribution >= 4 is 34.3 Å². The predicted octanol–water partition coefficient (Wildman–Crippen LogP) is 2.59. The summed E-state index contributed by atoms with van der Waals surface area (Å²) in [6, 6.07) is 0. The first-order valence-corrected chi connectivity index (χ1v) is 6.66. The van der Waals surface area contributed by atoms with Crippen LogP contribution in [0.4, 0.5) is 0 Å². The largest absolute Gasteiger partial charge is 0.310 e. The Labute approximate surface area is 101 Å². The number of halogens is 1. The Balaban J connectivity index is 1.67. The summed E-state index contributed by atoms with van der Waals surface area (Å²) >= 11 is 8.92. The van der Waals surface area contributed by atoms with Crippen LogP contribution in [-0.4, -0.2) is 16.5 Å². The lowest BCUT2D eigenvalue weighted by Crippen LogP contribution is -2.16. The zero-order chi connectivity index (χ0) is 10.5. The van der Waals surface area contributed by atoms with Crippen molar-refractivity contribution in [2.45, 2.75) is 13.0 Å².